The van der Waals surface area contributed by atoms with E-state index in [-0.39, 0.29) is 6.10 Å². The van der Waals surface area contributed by atoms with E-state index in [0.717, 1.165) is 18.4 Å². The van der Waals surface area contributed by atoms with Crippen LogP contribution in [-0.2, 0) is 4.74 Å². The van der Waals surface area contributed by atoms with Crippen molar-refractivity contribution >= 4 is 5.97 Å². The van der Waals surface area contributed by atoms with Gasteiger partial charge in [-0.15, -0.1) is 0 Å². The van der Waals surface area contributed by atoms with Crippen molar-refractivity contribution in [2.45, 2.75) is 64.9 Å². The summed E-state index contributed by atoms with van der Waals surface area (Å²) in [5.41, 5.74) is 1.26. The van der Waals surface area contributed by atoms with E-state index in [1.807, 2.05) is 19.1 Å². The number of hydrogen-bond donors (Lipinski definition) is 0. The molecule has 1 heterocycles. The van der Waals surface area contributed by atoms with Crippen molar-refractivity contribution in [2.75, 3.05) is 20.3 Å². The van der Waals surface area contributed by atoms with Gasteiger partial charge < -0.3 is 18.9 Å². The first-order chi connectivity index (χ1) is 18.1. The Kier molecular flexibility index (Phi) is 11.9. The number of hydrogen-bond acceptors (Lipinski definition) is 7. The van der Waals surface area contributed by atoms with Gasteiger partial charge in [0.25, 0.3) is 0 Å². The lowest BCUT2D eigenvalue weighted by Crippen LogP contribution is -2.19. The third-order valence-corrected chi connectivity index (χ3v) is 6.03. The minimum atomic E-state index is -0.439. The monoisotopic (exact) mass is 506 g/mol. The van der Waals surface area contributed by atoms with Crippen LogP contribution in [0.1, 0.15) is 69.2 Å². The molecule has 1 aromatic heterocycles. The zero-order chi connectivity index (χ0) is 26.3. The molecular weight excluding hydrogens is 468 g/mol. The average Bonchev–Trinajstić information content (AvgIpc) is 2.94. The summed E-state index contributed by atoms with van der Waals surface area (Å²) in [6.07, 6.45) is 11.6. The smallest absolute Gasteiger partial charge is 0.343 e. The van der Waals surface area contributed by atoms with E-state index in [4.69, 9.17) is 18.9 Å². The highest BCUT2D eigenvalue weighted by Crippen LogP contribution is 2.22. The lowest BCUT2D eigenvalue weighted by Gasteiger charge is -2.14. The average molecular weight is 507 g/mol. The number of aromatic nitrogens is 2. The number of benzene rings is 2. The molecule has 0 spiro atoms. The van der Waals surface area contributed by atoms with Crippen molar-refractivity contribution < 1.29 is 23.7 Å². The van der Waals surface area contributed by atoms with Crippen LogP contribution in [0.3, 0.4) is 0 Å². The van der Waals surface area contributed by atoms with Crippen molar-refractivity contribution in [1.29, 1.82) is 0 Å². The van der Waals surface area contributed by atoms with Crippen molar-refractivity contribution in [3.63, 3.8) is 0 Å². The van der Waals surface area contributed by atoms with Gasteiger partial charge in [0, 0.05) is 12.7 Å². The molecule has 37 heavy (non-hydrogen) atoms. The summed E-state index contributed by atoms with van der Waals surface area (Å²) >= 11 is 0. The molecule has 0 N–H and O–H groups in total. The molecule has 2 aromatic carbocycles. The highest BCUT2D eigenvalue weighted by atomic mass is 16.5. The normalized spacial score (nSPS) is 11.6. The number of esters is 1. The quantitative estimate of drug-likeness (QED) is 0.119. The fourth-order valence-corrected chi connectivity index (χ4v) is 3.68. The standard InChI is InChI=1S/C30H38N2O5/c1-4-6-7-8-9-10-19-35-28-20-31-29(32-21-28)23-11-17-27(18-12-23)37-30(33)24-13-15-26(16-14-24)36-22-25(5-2)34-3/h11-18,20-21,25H,4-10,19,22H2,1-3H3/t25-/m0/s1. The summed E-state index contributed by atoms with van der Waals surface area (Å²) in [5.74, 6) is 1.93. The van der Waals surface area contributed by atoms with Crippen LogP contribution in [0.2, 0.25) is 0 Å². The molecule has 0 aliphatic heterocycles. The third-order valence-electron chi connectivity index (χ3n) is 6.03. The zero-order valence-corrected chi connectivity index (χ0v) is 22.2. The van der Waals surface area contributed by atoms with Gasteiger partial charge in [0.05, 0.1) is 30.7 Å². The summed E-state index contributed by atoms with van der Waals surface area (Å²) < 4.78 is 22.3. The van der Waals surface area contributed by atoms with Crippen LogP contribution < -0.4 is 14.2 Å². The van der Waals surface area contributed by atoms with Crippen molar-refractivity contribution in [1.82, 2.24) is 9.97 Å². The predicted molar refractivity (Wildman–Crippen MR) is 144 cm³/mol. The molecule has 0 aliphatic rings. The fourth-order valence-electron chi connectivity index (χ4n) is 3.68. The van der Waals surface area contributed by atoms with Gasteiger partial charge in [0.15, 0.2) is 11.6 Å². The number of carbonyl (C=O) groups is 1. The molecule has 1 atom stereocenters. The maximum absolute atomic E-state index is 12.5. The summed E-state index contributed by atoms with van der Waals surface area (Å²) in [5, 5.41) is 0. The maximum Gasteiger partial charge on any atom is 0.343 e. The molecule has 0 bridgehead atoms. The lowest BCUT2D eigenvalue weighted by atomic mass is 10.1. The highest BCUT2D eigenvalue weighted by molar-refractivity contribution is 5.91. The summed E-state index contributed by atoms with van der Waals surface area (Å²) in [4.78, 5) is 21.3. The number of carbonyl (C=O) groups excluding carboxylic acids is 1. The van der Waals surface area contributed by atoms with Gasteiger partial charge in [-0.3, -0.25) is 0 Å². The van der Waals surface area contributed by atoms with Crippen molar-refractivity contribution in [3.8, 4) is 28.6 Å². The predicted octanol–water partition coefficient (Wildman–Crippen LogP) is 6.91. The van der Waals surface area contributed by atoms with Gasteiger partial charge in [-0.25, -0.2) is 14.8 Å². The van der Waals surface area contributed by atoms with Gasteiger partial charge in [-0.2, -0.15) is 0 Å². The molecule has 0 radical (unpaired) electrons. The van der Waals surface area contributed by atoms with Gasteiger partial charge in [-0.05, 0) is 61.4 Å². The molecular formula is C30H38N2O5. The van der Waals surface area contributed by atoms with Gasteiger partial charge in [0.1, 0.15) is 18.1 Å². The number of unbranched alkanes of at least 4 members (excludes halogenated alkanes) is 5. The van der Waals surface area contributed by atoms with Crippen LogP contribution in [0, 0.1) is 0 Å². The molecule has 0 aliphatic carbocycles. The van der Waals surface area contributed by atoms with E-state index >= 15 is 0 Å². The molecule has 0 unspecified atom stereocenters. The highest BCUT2D eigenvalue weighted by Gasteiger charge is 2.11. The van der Waals surface area contributed by atoms with E-state index in [0.29, 0.717) is 41.9 Å². The summed E-state index contributed by atoms with van der Waals surface area (Å²) in [7, 11) is 1.67. The molecule has 0 amide bonds. The second-order valence-corrected chi connectivity index (χ2v) is 8.87. The molecule has 3 aromatic rings. The molecule has 7 heteroatoms. The molecule has 0 saturated carbocycles. The molecule has 3 rings (SSSR count). The Morgan fingerprint density at radius 1 is 0.784 bits per heavy atom. The zero-order valence-electron chi connectivity index (χ0n) is 22.2. The van der Waals surface area contributed by atoms with Gasteiger partial charge >= 0.3 is 5.97 Å². The Balaban J connectivity index is 1.45. The first-order valence-electron chi connectivity index (χ1n) is 13.2. The summed E-state index contributed by atoms with van der Waals surface area (Å²) in [6.45, 7) is 5.40. The minimum absolute atomic E-state index is 0.0409. The molecule has 7 nitrogen and oxygen atoms in total. The van der Waals surface area contributed by atoms with Gasteiger partial charge in [-0.1, -0.05) is 46.0 Å². The Bertz CT molecular complexity index is 1050. The van der Waals surface area contributed by atoms with Crippen LogP contribution in [0.25, 0.3) is 11.4 Å². The van der Waals surface area contributed by atoms with Crippen LogP contribution in [0.5, 0.6) is 17.2 Å². The molecule has 0 saturated heterocycles. The Labute approximate surface area is 220 Å². The van der Waals surface area contributed by atoms with Crippen LogP contribution in [0.15, 0.2) is 60.9 Å². The topological polar surface area (TPSA) is 79.8 Å². The fraction of sp³-hybridized carbons (Fsp3) is 0.433. The number of methoxy groups -OCH3 is 1. The first-order valence-corrected chi connectivity index (χ1v) is 13.2. The number of rotatable bonds is 16. The van der Waals surface area contributed by atoms with E-state index in [1.165, 1.54) is 32.1 Å². The largest absolute Gasteiger partial charge is 0.491 e. The van der Waals surface area contributed by atoms with Gasteiger partial charge in [0.2, 0.25) is 0 Å². The van der Waals surface area contributed by atoms with E-state index in [9.17, 15) is 4.79 Å². The Morgan fingerprint density at radius 3 is 2.08 bits per heavy atom. The van der Waals surface area contributed by atoms with Crippen molar-refractivity contribution in [3.05, 3.63) is 66.5 Å². The van der Waals surface area contributed by atoms with E-state index in [1.54, 1.807) is 55.9 Å². The first kappa shape index (κ1) is 28.1. The number of ether oxygens (including phenoxy) is 4. The van der Waals surface area contributed by atoms with Crippen LogP contribution >= 0.6 is 0 Å². The lowest BCUT2D eigenvalue weighted by molar-refractivity contribution is 0.0555. The van der Waals surface area contributed by atoms with E-state index < -0.39 is 5.97 Å². The summed E-state index contributed by atoms with van der Waals surface area (Å²) in [6, 6.07) is 14.0. The van der Waals surface area contributed by atoms with Crippen molar-refractivity contribution in [2.24, 2.45) is 0 Å². The second kappa shape index (κ2) is 15.6. The molecule has 198 valence electrons. The van der Waals surface area contributed by atoms with E-state index in [2.05, 4.69) is 16.9 Å². The second-order valence-electron chi connectivity index (χ2n) is 8.87. The van der Waals surface area contributed by atoms with Crippen LogP contribution in [0.4, 0.5) is 0 Å². The Morgan fingerprint density at radius 2 is 1.43 bits per heavy atom. The minimum Gasteiger partial charge on any atom is -0.491 e. The maximum atomic E-state index is 12.5. The third kappa shape index (κ3) is 9.50. The van der Waals surface area contributed by atoms with Crippen LogP contribution in [-0.4, -0.2) is 42.4 Å². The number of nitrogens with zero attached hydrogens (tertiary/aromatic N) is 2. The molecule has 0 fully saturated rings. The SMILES string of the molecule is CCCCCCCCOc1cnc(-c2ccc(OC(=O)c3ccc(OC[C@H](CC)OC)cc3)cc2)nc1. The Hall–Kier alpha value is -3.45.